The molecule has 1 aromatic carbocycles. The first kappa shape index (κ1) is 14.7. The summed E-state index contributed by atoms with van der Waals surface area (Å²) in [7, 11) is 0. The molecule has 0 bridgehead atoms. The number of nitrogens with one attached hydrogen (secondary N) is 2. The number of aromatic nitrogens is 3. The topological polar surface area (TPSA) is 73.9 Å². The minimum absolute atomic E-state index is 0.0717. The molecule has 3 aromatic rings. The Morgan fingerprint density at radius 1 is 1.25 bits per heavy atom. The van der Waals surface area contributed by atoms with Crippen molar-refractivity contribution in [1.82, 2.24) is 20.0 Å². The first-order valence-corrected chi connectivity index (χ1v) is 7.34. The number of hydrogen-bond acceptors (Lipinski definition) is 4. The zero-order valence-corrected chi connectivity index (χ0v) is 12.3. The maximum Gasteiger partial charge on any atom is 0.416 e. The van der Waals surface area contributed by atoms with Crippen molar-refractivity contribution in [3.8, 4) is 0 Å². The Hall–Kier alpha value is -2.84. The fourth-order valence-electron chi connectivity index (χ4n) is 2.88. The first-order chi connectivity index (χ1) is 11.4. The minimum atomic E-state index is -4.44. The molecule has 0 spiro atoms. The molecule has 124 valence electrons. The van der Waals surface area contributed by atoms with Crippen LogP contribution in [-0.4, -0.2) is 32.4 Å². The molecule has 4 rings (SSSR count). The Morgan fingerprint density at radius 2 is 2.08 bits per heavy atom. The fourth-order valence-corrected chi connectivity index (χ4v) is 2.88. The van der Waals surface area contributed by atoms with Gasteiger partial charge in [0.05, 0.1) is 10.9 Å². The van der Waals surface area contributed by atoms with E-state index in [0.717, 1.165) is 18.6 Å². The molecule has 9 heteroatoms. The van der Waals surface area contributed by atoms with Gasteiger partial charge in [-0.25, -0.2) is 9.97 Å². The van der Waals surface area contributed by atoms with Crippen LogP contribution in [0.5, 0.6) is 0 Å². The molecule has 0 saturated carbocycles. The second-order valence-corrected chi connectivity index (χ2v) is 5.59. The lowest BCUT2D eigenvalue weighted by molar-refractivity contribution is -0.137. The molecule has 0 atom stereocenters. The van der Waals surface area contributed by atoms with Gasteiger partial charge in [-0.2, -0.15) is 13.2 Å². The van der Waals surface area contributed by atoms with Gasteiger partial charge in [0.2, 0.25) is 5.91 Å². The largest absolute Gasteiger partial charge is 0.416 e. The number of benzene rings is 1. The number of alkyl halides is 3. The molecule has 1 aliphatic rings. The molecule has 6 nitrogen and oxygen atoms in total. The molecule has 0 aliphatic carbocycles. The van der Waals surface area contributed by atoms with E-state index in [1.54, 1.807) is 0 Å². The number of hydrazine groups is 1. The van der Waals surface area contributed by atoms with Crippen molar-refractivity contribution in [2.24, 2.45) is 0 Å². The third-order valence-electron chi connectivity index (χ3n) is 4.03. The average molecular weight is 335 g/mol. The lowest BCUT2D eigenvalue weighted by Crippen LogP contribution is -2.31. The highest BCUT2D eigenvalue weighted by Gasteiger charge is 2.31. The maximum atomic E-state index is 13.0. The van der Waals surface area contributed by atoms with Gasteiger partial charge in [0.25, 0.3) is 0 Å². The zero-order chi connectivity index (χ0) is 16.9. The van der Waals surface area contributed by atoms with Crippen molar-refractivity contribution in [3.05, 3.63) is 30.1 Å². The Kier molecular flexibility index (Phi) is 3.12. The number of fused-ring (bicyclic) bond motifs is 3. The summed E-state index contributed by atoms with van der Waals surface area (Å²) in [6.07, 6.45) is -1.98. The molecule has 3 heterocycles. The number of anilines is 1. The van der Waals surface area contributed by atoms with Crippen molar-refractivity contribution < 1.29 is 18.0 Å². The van der Waals surface area contributed by atoms with Crippen LogP contribution in [0.3, 0.4) is 0 Å². The van der Waals surface area contributed by atoms with E-state index in [9.17, 15) is 18.0 Å². The zero-order valence-electron chi connectivity index (χ0n) is 12.3. The molecule has 2 aromatic heterocycles. The fraction of sp³-hybridized carbons (Fsp3) is 0.267. The standard InChI is InChI=1S/C15H12F3N5O/c16-15(17,18)8-3-4-10-9(6-8)12-13(21-10)19-7-20-14(12)22-23-5-1-2-11(23)24/h3-4,6-7H,1-2,5H2,(H2,19,20,21,22). The minimum Gasteiger partial charge on any atom is -0.339 e. The summed E-state index contributed by atoms with van der Waals surface area (Å²) in [6.45, 7) is 0.528. The number of carbonyl (C=O) groups is 1. The van der Waals surface area contributed by atoms with Gasteiger partial charge in [-0.05, 0) is 24.6 Å². The molecule has 1 saturated heterocycles. The predicted molar refractivity (Wildman–Crippen MR) is 81.0 cm³/mol. The molecule has 2 N–H and O–H groups in total. The summed E-state index contributed by atoms with van der Waals surface area (Å²) >= 11 is 0. The molecule has 1 fully saturated rings. The van der Waals surface area contributed by atoms with Gasteiger partial charge >= 0.3 is 6.18 Å². The van der Waals surface area contributed by atoms with Gasteiger partial charge in [0.1, 0.15) is 12.0 Å². The number of carbonyl (C=O) groups excluding carboxylic acids is 1. The SMILES string of the molecule is O=C1CCCN1Nc1ncnc2[nH]c3ccc(C(F)(F)F)cc3c12. The highest BCUT2D eigenvalue weighted by atomic mass is 19.4. The summed E-state index contributed by atoms with van der Waals surface area (Å²) in [5, 5.41) is 2.21. The van der Waals surface area contributed by atoms with Gasteiger partial charge < -0.3 is 4.98 Å². The van der Waals surface area contributed by atoms with E-state index < -0.39 is 11.7 Å². The van der Waals surface area contributed by atoms with Crippen LogP contribution in [0.4, 0.5) is 19.0 Å². The van der Waals surface area contributed by atoms with Crippen LogP contribution in [0.1, 0.15) is 18.4 Å². The van der Waals surface area contributed by atoms with E-state index in [1.165, 1.54) is 17.4 Å². The number of halogens is 3. The number of aromatic amines is 1. The van der Waals surface area contributed by atoms with Gasteiger partial charge in [0.15, 0.2) is 5.82 Å². The third-order valence-corrected chi connectivity index (χ3v) is 4.03. The Labute approximate surface area is 133 Å². The summed E-state index contributed by atoms with van der Waals surface area (Å²) in [4.78, 5) is 22.9. The Balaban J connectivity index is 1.89. The van der Waals surface area contributed by atoms with Crippen molar-refractivity contribution in [2.75, 3.05) is 12.0 Å². The van der Waals surface area contributed by atoms with Crippen LogP contribution < -0.4 is 5.43 Å². The maximum absolute atomic E-state index is 13.0. The number of H-pyrrole nitrogens is 1. The monoisotopic (exact) mass is 335 g/mol. The van der Waals surface area contributed by atoms with E-state index in [4.69, 9.17) is 0 Å². The molecule has 0 radical (unpaired) electrons. The quantitative estimate of drug-likeness (QED) is 0.755. The van der Waals surface area contributed by atoms with Gasteiger partial charge in [0, 0.05) is 23.9 Å². The molecule has 0 unspecified atom stereocenters. The molecular formula is C15H12F3N5O. The number of amides is 1. The molecule has 1 amide bonds. The summed E-state index contributed by atoms with van der Waals surface area (Å²) in [5.74, 6) is 0.235. The van der Waals surface area contributed by atoms with Gasteiger partial charge in [-0.1, -0.05) is 0 Å². The predicted octanol–water partition coefficient (Wildman–Crippen LogP) is 3.08. The lowest BCUT2D eigenvalue weighted by atomic mass is 10.1. The van der Waals surface area contributed by atoms with E-state index in [0.29, 0.717) is 40.7 Å². The van der Waals surface area contributed by atoms with E-state index in [2.05, 4.69) is 20.4 Å². The second-order valence-electron chi connectivity index (χ2n) is 5.59. The number of rotatable bonds is 2. The second kappa shape index (κ2) is 5.08. The van der Waals surface area contributed by atoms with Crippen molar-refractivity contribution in [2.45, 2.75) is 19.0 Å². The van der Waals surface area contributed by atoms with Crippen molar-refractivity contribution in [1.29, 1.82) is 0 Å². The van der Waals surface area contributed by atoms with Crippen LogP contribution >= 0.6 is 0 Å². The Bertz CT molecular complexity index is 949. The average Bonchev–Trinajstić information content (AvgIpc) is 3.10. The van der Waals surface area contributed by atoms with Crippen LogP contribution in [-0.2, 0) is 11.0 Å². The highest BCUT2D eigenvalue weighted by molar-refractivity contribution is 6.11. The molecule has 24 heavy (non-hydrogen) atoms. The van der Waals surface area contributed by atoms with E-state index >= 15 is 0 Å². The molecular weight excluding hydrogens is 323 g/mol. The van der Waals surface area contributed by atoms with Crippen molar-refractivity contribution >= 4 is 33.7 Å². The van der Waals surface area contributed by atoms with E-state index in [1.807, 2.05) is 0 Å². The number of hydrogen-bond donors (Lipinski definition) is 2. The summed E-state index contributed by atoms with van der Waals surface area (Å²) in [5.41, 5.74) is 3.09. The first-order valence-electron chi connectivity index (χ1n) is 7.34. The van der Waals surface area contributed by atoms with Crippen LogP contribution in [0, 0.1) is 0 Å². The van der Waals surface area contributed by atoms with Crippen molar-refractivity contribution in [3.63, 3.8) is 0 Å². The summed E-state index contributed by atoms with van der Waals surface area (Å²) in [6, 6.07) is 3.45. The van der Waals surface area contributed by atoms with Gasteiger partial charge in [-0.3, -0.25) is 15.2 Å². The van der Waals surface area contributed by atoms with Gasteiger partial charge in [-0.15, -0.1) is 0 Å². The lowest BCUT2D eigenvalue weighted by Gasteiger charge is -2.17. The van der Waals surface area contributed by atoms with E-state index in [-0.39, 0.29) is 5.91 Å². The Morgan fingerprint density at radius 3 is 2.79 bits per heavy atom. The number of nitrogens with zero attached hydrogens (tertiary/aromatic N) is 3. The smallest absolute Gasteiger partial charge is 0.339 e. The van der Waals surface area contributed by atoms with Crippen LogP contribution in [0.15, 0.2) is 24.5 Å². The highest BCUT2D eigenvalue weighted by Crippen LogP contribution is 2.35. The molecule has 1 aliphatic heterocycles. The third kappa shape index (κ3) is 2.32. The van der Waals surface area contributed by atoms with Crippen LogP contribution in [0.25, 0.3) is 21.9 Å². The van der Waals surface area contributed by atoms with Crippen LogP contribution in [0.2, 0.25) is 0 Å². The summed E-state index contributed by atoms with van der Waals surface area (Å²) < 4.78 is 39.0. The normalized spacial score (nSPS) is 15.6.